The molecule has 1 atom stereocenters. The normalized spacial score (nSPS) is 18.2. The minimum Gasteiger partial charge on any atom is -0.379 e. The van der Waals surface area contributed by atoms with E-state index in [-0.39, 0.29) is 6.04 Å². The molecule has 1 aromatic rings. The highest BCUT2D eigenvalue weighted by Crippen LogP contribution is 2.28. The summed E-state index contributed by atoms with van der Waals surface area (Å²) in [6.45, 7) is 6.78. The fraction of sp³-hybridized carbons (Fsp3) is 0.562. The van der Waals surface area contributed by atoms with Gasteiger partial charge in [0.2, 0.25) is 0 Å². The quantitative estimate of drug-likeness (QED) is 0.621. The molecule has 5 nitrogen and oxygen atoms in total. The van der Waals surface area contributed by atoms with Gasteiger partial charge in [0.05, 0.1) is 25.8 Å². The van der Waals surface area contributed by atoms with E-state index in [0.29, 0.717) is 12.5 Å². The van der Waals surface area contributed by atoms with E-state index in [4.69, 9.17) is 22.1 Å². The molecule has 1 fully saturated rings. The summed E-state index contributed by atoms with van der Waals surface area (Å²) >= 11 is 6.38. The molecule has 1 aliphatic rings. The van der Waals surface area contributed by atoms with Crippen LogP contribution in [0.4, 0.5) is 0 Å². The number of halogens is 1. The Morgan fingerprint density at radius 3 is 2.82 bits per heavy atom. The van der Waals surface area contributed by atoms with Crippen LogP contribution in [0.3, 0.4) is 0 Å². The second-order valence-corrected chi connectivity index (χ2v) is 5.75. The molecule has 22 heavy (non-hydrogen) atoms. The van der Waals surface area contributed by atoms with Crippen LogP contribution in [0.1, 0.15) is 24.9 Å². The molecule has 0 bridgehead atoms. The number of guanidine groups is 1. The summed E-state index contributed by atoms with van der Waals surface area (Å²) in [6.07, 6.45) is 1.02. The van der Waals surface area contributed by atoms with Crippen molar-refractivity contribution in [1.29, 1.82) is 0 Å². The summed E-state index contributed by atoms with van der Waals surface area (Å²) < 4.78 is 5.45. The molecule has 0 aliphatic carbocycles. The fourth-order valence-electron chi connectivity index (χ4n) is 2.54. The van der Waals surface area contributed by atoms with E-state index in [1.54, 1.807) is 0 Å². The van der Waals surface area contributed by atoms with Crippen molar-refractivity contribution in [2.75, 3.05) is 39.4 Å². The summed E-state index contributed by atoms with van der Waals surface area (Å²) in [4.78, 5) is 6.86. The van der Waals surface area contributed by atoms with E-state index in [1.165, 1.54) is 0 Å². The molecular formula is C16H25ClN4O. The Balaban J connectivity index is 2.13. The van der Waals surface area contributed by atoms with Crippen LogP contribution in [0.5, 0.6) is 0 Å². The molecule has 0 spiro atoms. The van der Waals surface area contributed by atoms with Gasteiger partial charge in [-0.2, -0.15) is 0 Å². The molecule has 3 N–H and O–H groups in total. The van der Waals surface area contributed by atoms with Crippen LogP contribution in [0.25, 0.3) is 0 Å². The van der Waals surface area contributed by atoms with Crippen LogP contribution >= 0.6 is 11.6 Å². The Hall–Kier alpha value is -1.30. The van der Waals surface area contributed by atoms with Crippen molar-refractivity contribution in [3.63, 3.8) is 0 Å². The first-order chi connectivity index (χ1) is 10.7. The van der Waals surface area contributed by atoms with Gasteiger partial charge in [0.15, 0.2) is 5.96 Å². The van der Waals surface area contributed by atoms with Crippen molar-refractivity contribution in [3.8, 4) is 0 Å². The summed E-state index contributed by atoms with van der Waals surface area (Å²) in [7, 11) is 0. The molecule has 6 heteroatoms. The van der Waals surface area contributed by atoms with Crippen LogP contribution in [-0.2, 0) is 4.74 Å². The predicted octanol–water partition coefficient (Wildman–Crippen LogP) is 2.03. The Morgan fingerprint density at radius 2 is 2.14 bits per heavy atom. The minimum atomic E-state index is 0.125. The van der Waals surface area contributed by atoms with Crippen LogP contribution in [0, 0.1) is 0 Å². The van der Waals surface area contributed by atoms with Crippen molar-refractivity contribution in [1.82, 2.24) is 10.2 Å². The number of rotatable bonds is 6. The number of ether oxygens (including phenoxy) is 1. The molecule has 122 valence electrons. The maximum absolute atomic E-state index is 6.38. The smallest absolute Gasteiger partial charge is 0.188 e. The lowest BCUT2D eigenvalue weighted by molar-refractivity contribution is 0.0180. The molecule has 1 heterocycles. The van der Waals surface area contributed by atoms with Crippen molar-refractivity contribution in [2.24, 2.45) is 10.7 Å². The number of nitrogens with zero attached hydrogens (tertiary/aromatic N) is 2. The van der Waals surface area contributed by atoms with Gasteiger partial charge < -0.3 is 15.8 Å². The molecule has 1 unspecified atom stereocenters. The van der Waals surface area contributed by atoms with Gasteiger partial charge in [-0.3, -0.25) is 9.89 Å². The Labute approximate surface area is 137 Å². The summed E-state index contributed by atoms with van der Waals surface area (Å²) in [5.74, 6) is 0.493. The zero-order valence-electron chi connectivity index (χ0n) is 13.1. The van der Waals surface area contributed by atoms with Gasteiger partial charge in [-0.15, -0.1) is 0 Å². The number of benzene rings is 1. The van der Waals surface area contributed by atoms with Gasteiger partial charge in [-0.25, -0.2) is 0 Å². The van der Waals surface area contributed by atoms with E-state index in [1.807, 2.05) is 18.2 Å². The largest absolute Gasteiger partial charge is 0.379 e. The number of nitrogens with one attached hydrogen (secondary N) is 1. The third-order valence-corrected chi connectivity index (χ3v) is 4.09. The van der Waals surface area contributed by atoms with Gasteiger partial charge in [0.1, 0.15) is 0 Å². The second kappa shape index (κ2) is 8.98. The first-order valence-electron chi connectivity index (χ1n) is 7.82. The van der Waals surface area contributed by atoms with Gasteiger partial charge in [0.25, 0.3) is 0 Å². The fourth-order valence-corrected chi connectivity index (χ4v) is 2.80. The number of morpholine rings is 1. The Bertz CT molecular complexity index is 489. The number of nitrogens with two attached hydrogens (primary N) is 1. The van der Waals surface area contributed by atoms with E-state index in [0.717, 1.165) is 49.9 Å². The first kappa shape index (κ1) is 17.1. The highest BCUT2D eigenvalue weighted by molar-refractivity contribution is 6.31. The lowest BCUT2D eigenvalue weighted by Gasteiger charge is -2.34. The van der Waals surface area contributed by atoms with Crippen molar-refractivity contribution in [2.45, 2.75) is 19.4 Å². The lowest BCUT2D eigenvalue weighted by Crippen LogP contribution is -2.41. The summed E-state index contributed by atoms with van der Waals surface area (Å²) in [6, 6.07) is 8.07. The van der Waals surface area contributed by atoms with E-state index < -0.39 is 0 Å². The molecule has 1 saturated heterocycles. The Kier molecular flexibility index (Phi) is 6.96. The topological polar surface area (TPSA) is 62.9 Å². The van der Waals surface area contributed by atoms with Gasteiger partial charge in [-0.1, -0.05) is 36.7 Å². The predicted molar refractivity (Wildman–Crippen MR) is 91.4 cm³/mol. The van der Waals surface area contributed by atoms with Crippen LogP contribution < -0.4 is 11.1 Å². The second-order valence-electron chi connectivity index (χ2n) is 5.34. The number of aliphatic imine (C=N–C) groups is 1. The number of hydrogen-bond acceptors (Lipinski definition) is 3. The van der Waals surface area contributed by atoms with Crippen LogP contribution in [0.15, 0.2) is 29.3 Å². The standard InChI is InChI=1S/C16H25ClN4O/c1-2-7-19-16(18)20-12-15(21-8-10-22-11-9-21)13-5-3-4-6-14(13)17/h3-6,15H,2,7-12H2,1H3,(H3,18,19,20). The molecule has 0 amide bonds. The molecule has 0 radical (unpaired) electrons. The SMILES string of the molecule is CCCNC(N)=NCC(c1ccccc1Cl)N1CCOCC1. The van der Waals surface area contributed by atoms with Gasteiger partial charge in [-0.05, 0) is 18.1 Å². The zero-order valence-corrected chi connectivity index (χ0v) is 13.9. The van der Waals surface area contributed by atoms with E-state index in [9.17, 15) is 0 Å². The summed E-state index contributed by atoms with van der Waals surface area (Å²) in [5, 5.41) is 3.88. The van der Waals surface area contributed by atoms with Crippen molar-refractivity contribution in [3.05, 3.63) is 34.9 Å². The lowest BCUT2D eigenvalue weighted by atomic mass is 10.0. The number of hydrogen-bond donors (Lipinski definition) is 2. The molecule has 1 aliphatic heterocycles. The minimum absolute atomic E-state index is 0.125. The maximum atomic E-state index is 6.38. The molecular weight excluding hydrogens is 300 g/mol. The average molecular weight is 325 g/mol. The average Bonchev–Trinajstić information content (AvgIpc) is 2.55. The maximum Gasteiger partial charge on any atom is 0.188 e. The highest BCUT2D eigenvalue weighted by Gasteiger charge is 2.24. The van der Waals surface area contributed by atoms with Crippen LogP contribution in [-0.4, -0.2) is 50.3 Å². The summed E-state index contributed by atoms with van der Waals surface area (Å²) in [5.41, 5.74) is 7.01. The highest BCUT2D eigenvalue weighted by atomic mass is 35.5. The van der Waals surface area contributed by atoms with E-state index in [2.05, 4.69) is 28.2 Å². The third-order valence-electron chi connectivity index (χ3n) is 3.74. The van der Waals surface area contributed by atoms with Gasteiger partial charge in [0, 0.05) is 24.7 Å². The molecule has 0 saturated carbocycles. The monoisotopic (exact) mass is 324 g/mol. The zero-order chi connectivity index (χ0) is 15.8. The first-order valence-corrected chi connectivity index (χ1v) is 8.20. The third kappa shape index (κ3) is 4.87. The molecule has 2 rings (SSSR count). The Morgan fingerprint density at radius 1 is 1.41 bits per heavy atom. The van der Waals surface area contributed by atoms with Crippen molar-refractivity contribution < 1.29 is 4.74 Å². The van der Waals surface area contributed by atoms with Crippen LogP contribution in [0.2, 0.25) is 5.02 Å². The van der Waals surface area contributed by atoms with E-state index >= 15 is 0 Å². The molecule has 0 aromatic heterocycles. The van der Waals surface area contributed by atoms with Crippen molar-refractivity contribution >= 4 is 17.6 Å². The molecule has 1 aromatic carbocycles. The van der Waals surface area contributed by atoms with Gasteiger partial charge >= 0.3 is 0 Å².